The lowest BCUT2D eigenvalue weighted by Gasteiger charge is -2.23. The van der Waals surface area contributed by atoms with E-state index in [9.17, 15) is 4.79 Å². The van der Waals surface area contributed by atoms with Gasteiger partial charge in [-0.3, -0.25) is 4.79 Å². The van der Waals surface area contributed by atoms with Crippen LogP contribution in [-0.2, 0) is 0 Å². The standard InChI is InChI=1S/C14H22BrN3O.ClH/c1-10(2)18-7-11(15)6-12(18)13(19)17-5-4-14(3,8-16)9-17;/h6-7,10H,4-5,8-9,16H2,1-3H3;1H. The van der Waals surface area contributed by atoms with Crippen LogP contribution >= 0.6 is 28.3 Å². The van der Waals surface area contributed by atoms with Gasteiger partial charge in [-0.25, -0.2) is 0 Å². The van der Waals surface area contributed by atoms with Crippen molar-refractivity contribution in [3.63, 3.8) is 0 Å². The highest BCUT2D eigenvalue weighted by Gasteiger charge is 2.36. The van der Waals surface area contributed by atoms with Crippen molar-refractivity contribution in [1.82, 2.24) is 9.47 Å². The molecule has 0 aliphatic carbocycles. The van der Waals surface area contributed by atoms with Crippen molar-refractivity contribution in [1.29, 1.82) is 0 Å². The lowest BCUT2D eigenvalue weighted by molar-refractivity contribution is 0.0764. The minimum atomic E-state index is 0. The van der Waals surface area contributed by atoms with E-state index in [-0.39, 0.29) is 29.8 Å². The second-order valence-corrected chi connectivity index (χ2v) is 6.95. The highest BCUT2D eigenvalue weighted by Crippen LogP contribution is 2.30. The number of carbonyl (C=O) groups excluding carboxylic acids is 1. The van der Waals surface area contributed by atoms with Crippen LogP contribution < -0.4 is 5.73 Å². The minimum absolute atomic E-state index is 0. The number of amides is 1. The molecule has 1 amide bonds. The lowest BCUT2D eigenvalue weighted by Crippen LogP contribution is -2.35. The molecular formula is C14H23BrClN3O. The predicted molar refractivity (Wildman–Crippen MR) is 87.4 cm³/mol. The molecule has 4 nitrogen and oxygen atoms in total. The summed E-state index contributed by atoms with van der Waals surface area (Å²) in [5.74, 6) is 0.108. The molecule has 1 aromatic heterocycles. The Kier molecular flexibility index (Phi) is 5.70. The zero-order valence-electron chi connectivity index (χ0n) is 12.2. The third kappa shape index (κ3) is 3.38. The number of halogens is 2. The maximum absolute atomic E-state index is 12.6. The first-order valence-corrected chi connectivity index (χ1v) is 7.52. The van der Waals surface area contributed by atoms with E-state index in [0.29, 0.717) is 6.54 Å². The van der Waals surface area contributed by atoms with Gasteiger partial charge in [-0.1, -0.05) is 6.92 Å². The predicted octanol–water partition coefficient (Wildman–Crippen LogP) is 3.06. The van der Waals surface area contributed by atoms with Crippen LogP contribution in [0.15, 0.2) is 16.7 Å². The summed E-state index contributed by atoms with van der Waals surface area (Å²) in [5.41, 5.74) is 6.63. The van der Waals surface area contributed by atoms with Crippen molar-refractivity contribution >= 4 is 34.2 Å². The monoisotopic (exact) mass is 363 g/mol. The van der Waals surface area contributed by atoms with Crippen LogP contribution in [0.25, 0.3) is 0 Å². The molecule has 0 bridgehead atoms. The van der Waals surface area contributed by atoms with Gasteiger partial charge in [0, 0.05) is 29.8 Å². The van der Waals surface area contributed by atoms with Gasteiger partial charge in [0.2, 0.25) is 0 Å². The normalized spacial score (nSPS) is 22.2. The van der Waals surface area contributed by atoms with Gasteiger partial charge in [-0.2, -0.15) is 0 Å². The van der Waals surface area contributed by atoms with E-state index in [4.69, 9.17) is 5.73 Å². The molecule has 1 aliphatic heterocycles. The number of hydrogen-bond donors (Lipinski definition) is 1. The van der Waals surface area contributed by atoms with E-state index in [0.717, 1.165) is 29.7 Å². The fraction of sp³-hybridized carbons (Fsp3) is 0.643. The number of carbonyl (C=O) groups is 1. The summed E-state index contributed by atoms with van der Waals surface area (Å²) in [6.07, 6.45) is 2.95. The summed E-state index contributed by atoms with van der Waals surface area (Å²) in [6.45, 7) is 8.49. The maximum Gasteiger partial charge on any atom is 0.270 e. The first-order valence-electron chi connectivity index (χ1n) is 6.73. The molecule has 1 unspecified atom stereocenters. The van der Waals surface area contributed by atoms with Crippen LogP contribution in [-0.4, -0.2) is 35.0 Å². The molecule has 0 spiro atoms. The van der Waals surface area contributed by atoms with Crippen molar-refractivity contribution < 1.29 is 4.79 Å². The molecule has 20 heavy (non-hydrogen) atoms. The van der Waals surface area contributed by atoms with Crippen LogP contribution in [0.4, 0.5) is 0 Å². The summed E-state index contributed by atoms with van der Waals surface area (Å²) in [7, 11) is 0. The SMILES string of the molecule is CC(C)n1cc(Br)cc1C(=O)N1CCC(C)(CN)C1.Cl. The van der Waals surface area contributed by atoms with Crippen molar-refractivity contribution in [3.05, 3.63) is 22.4 Å². The summed E-state index contributed by atoms with van der Waals surface area (Å²) in [5, 5.41) is 0. The van der Waals surface area contributed by atoms with Gasteiger partial charge < -0.3 is 15.2 Å². The van der Waals surface area contributed by atoms with E-state index in [1.807, 2.05) is 21.7 Å². The number of rotatable bonds is 3. The average molecular weight is 365 g/mol. The Morgan fingerprint density at radius 1 is 1.55 bits per heavy atom. The lowest BCUT2D eigenvalue weighted by atomic mass is 9.90. The Labute approximate surface area is 135 Å². The van der Waals surface area contributed by atoms with Crippen LogP contribution in [0.5, 0.6) is 0 Å². The fourth-order valence-corrected chi connectivity index (χ4v) is 3.01. The Hall–Kier alpha value is -0.520. The van der Waals surface area contributed by atoms with Gasteiger partial charge in [-0.15, -0.1) is 12.4 Å². The van der Waals surface area contributed by atoms with Crippen LogP contribution in [0.2, 0.25) is 0 Å². The maximum atomic E-state index is 12.6. The Bertz CT molecular complexity index is 489. The highest BCUT2D eigenvalue weighted by molar-refractivity contribution is 9.10. The second-order valence-electron chi connectivity index (χ2n) is 6.04. The number of nitrogens with two attached hydrogens (primary N) is 1. The van der Waals surface area contributed by atoms with Gasteiger partial charge in [0.25, 0.3) is 5.91 Å². The molecule has 6 heteroatoms. The zero-order chi connectivity index (χ0) is 14.2. The molecule has 2 rings (SSSR count). The molecular weight excluding hydrogens is 342 g/mol. The molecule has 2 heterocycles. The van der Waals surface area contributed by atoms with Crippen molar-refractivity contribution in [2.24, 2.45) is 11.1 Å². The number of aromatic nitrogens is 1. The average Bonchev–Trinajstić information content (AvgIpc) is 2.93. The van der Waals surface area contributed by atoms with Crippen LogP contribution in [0.1, 0.15) is 43.7 Å². The van der Waals surface area contributed by atoms with Gasteiger partial charge in [-0.05, 0) is 54.2 Å². The number of likely N-dealkylation sites (tertiary alicyclic amines) is 1. The largest absolute Gasteiger partial charge is 0.340 e. The summed E-state index contributed by atoms with van der Waals surface area (Å²) < 4.78 is 2.97. The Morgan fingerprint density at radius 3 is 2.70 bits per heavy atom. The van der Waals surface area contributed by atoms with Crippen LogP contribution in [0.3, 0.4) is 0 Å². The summed E-state index contributed by atoms with van der Waals surface area (Å²) in [4.78, 5) is 14.6. The van der Waals surface area contributed by atoms with E-state index in [1.54, 1.807) is 0 Å². The third-order valence-corrected chi connectivity index (χ3v) is 4.36. The van der Waals surface area contributed by atoms with Crippen molar-refractivity contribution in [2.45, 2.75) is 33.2 Å². The number of hydrogen-bond acceptors (Lipinski definition) is 2. The third-order valence-electron chi connectivity index (χ3n) is 3.93. The minimum Gasteiger partial charge on any atom is -0.340 e. The van der Waals surface area contributed by atoms with E-state index in [1.165, 1.54) is 0 Å². The topological polar surface area (TPSA) is 51.3 Å². The van der Waals surface area contributed by atoms with Gasteiger partial charge >= 0.3 is 0 Å². The fourth-order valence-electron chi connectivity index (χ4n) is 2.57. The van der Waals surface area contributed by atoms with Gasteiger partial charge in [0.15, 0.2) is 0 Å². The molecule has 114 valence electrons. The summed E-state index contributed by atoms with van der Waals surface area (Å²) >= 11 is 3.45. The van der Waals surface area contributed by atoms with Crippen molar-refractivity contribution in [2.75, 3.05) is 19.6 Å². The molecule has 1 saturated heterocycles. The first kappa shape index (κ1) is 17.5. The van der Waals surface area contributed by atoms with Crippen molar-refractivity contribution in [3.8, 4) is 0 Å². The molecule has 2 N–H and O–H groups in total. The zero-order valence-corrected chi connectivity index (χ0v) is 14.6. The molecule has 1 aliphatic rings. The quantitative estimate of drug-likeness (QED) is 0.896. The smallest absolute Gasteiger partial charge is 0.270 e. The molecule has 1 atom stereocenters. The molecule has 0 saturated carbocycles. The van der Waals surface area contributed by atoms with Crippen LogP contribution in [0, 0.1) is 5.41 Å². The molecule has 1 aromatic rings. The van der Waals surface area contributed by atoms with E-state index in [2.05, 4.69) is 36.7 Å². The first-order chi connectivity index (χ1) is 8.86. The highest BCUT2D eigenvalue weighted by atomic mass is 79.9. The van der Waals surface area contributed by atoms with E-state index >= 15 is 0 Å². The Morgan fingerprint density at radius 2 is 2.20 bits per heavy atom. The van der Waals surface area contributed by atoms with Gasteiger partial charge in [0.05, 0.1) is 0 Å². The number of nitrogens with zero attached hydrogens (tertiary/aromatic N) is 2. The Balaban J connectivity index is 0.00000200. The van der Waals surface area contributed by atoms with E-state index < -0.39 is 0 Å². The van der Waals surface area contributed by atoms with Gasteiger partial charge in [0.1, 0.15) is 5.69 Å². The summed E-state index contributed by atoms with van der Waals surface area (Å²) in [6, 6.07) is 2.18. The molecule has 1 fully saturated rings. The second kappa shape index (κ2) is 6.50. The molecule has 0 aromatic carbocycles. The molecule has 0 radical (unpaired) electrons.